The number of aryl methyl sites for hydroxylation is 1. The van der Waals surface area contributed by atoms with Gasteiger partial charge in [0, 0.05) is 24.3 Å². The standard InChI is InChI=1S/C18H20N2O4S/c1-14-7-8-15(18(21)19-16-5-3-2-4-6-16)13-17(14)25(22,23)20-9-11-24-12-10-20/h2-8,13H,9-12H2,1H3,(H,19,21). The van der Waals surface area contributed by atoms with Crippen molar-refractivity contribution in [1.82, 2.24) is 4.31 Å². The predicted octanol–water partition coefficient (Wildman–Crippen LogP) is 2.27. The van der Waals surface area contributed by atoms with Gasteiger partial charge in [0.05, 0.1) is 18.1 Å². The first-order valence-electron chi connectivity index (χ1n) is 8.03. The molecule has 0 bridgehead atoms. The van der Waals surface area contributed by atoms with Gasteiger partial charge in [-0.25, -0.2) is 8.42 Å². The summed E-state index contributed by atoms with van der Waals surface area (Å²) in [5.41, 5.74) is 1.58. The Balaban J connectivity index is 1.88. The average Bonchev–Trinajstić information content (AvgIpc) is 2.63. The SMILES string of the molecule is Cc1ccc(C(=O)Nc2ccccc2)cc1S(=O)(=O)N1CCOCC1. The van der Waals surface area contributed by atoms with Gasteiger partial charge in [-0.1, -0.05) is 24.3 Å². The lowest BCUT2D eigenvalue weighted by Crippen LogP contribution is -2.40. The third-order valence-corrected chi connectivity index (χ3v) is 6.11. The lowest BCUT2D eigenvalue weighted by atomic mass is 10.1. The topological polar surface area (TPSA) is 75.7 Å². The first-order valence-corrected chi connectivity index (χ1v) is 9.47. The maximum absolute atomic E-state index is 12.9. The molecule has 0 aromatic heterocycles. The molecule has 6 nitrogen and oxygen atoms in total. The number of nitrogens with one attached hydrogen (secondary N) is 1. The first kappa shape index (κ1) is 17.6. The van der Waals surface area contributed by atoms with Gasteiger partial charge in [-0.3, -0.25) is 4.79 Å². The molecular weight excluding hydrogens is 340 g/mol. The Morgan fingerprint density at radius 2 is 1.76 bits per heavy atom. The zero-order valence-corrected chi connectivity index (χ0v) is 14.8. The number of nitrogens with zero attached hydrogens (tertiary/aromatic N) is 1. The predicted molar refractivity (Wildman–Crippen MR) is 95.2 cm³/mol. The summed E-state index contributed by atoms with van der Waals surface area (Å²) in [4.78, 5) is 12.6. The van der Waals surface area contributed by atoms with E-state index in [2.05, 4.69) is 5.32 Å². The van der Waals surface area contributed by atoms with Crippen LogP contribution >= 0.6 is 0 Å². The number of rotatable bonds is 4. The Labute approximate surface area is 147 Å². The number of para-hydroxylation sites is 1. The number of benzene rings is 2. The van der Waals surface area contributed by atoms with E-state index in [-0.39, 0.29) is 10.8 Å². The summed E-state index contributed by atoms with van der Waals surface area (Å²) in [6, 6.07) is 13.8. The molecule has 3 rings (SSSR count). The molecule has 0 atom stereocenters. The number of carbonyl (C=O) groups is 1. The molecule has 1 fully saturated rings. The van der Waals surface area contributed by atoms with Crippen molar-refractivity contribution < 1.29 is 17.9 Å². The second kappa shape index (κ2) is 7.35. The lowest BCUT2D eigenvalue weighted by molar-refractivity contribution is 0.0730. The molecule has 0 radical (unpaired) electrons. The van der Waals surface area contributed by atoms with Crippen LogP contribution in [0.5, 0.6) is 0 Å². The van der Waals surface area contributed by atoms with E-state index in [1.54, 1.807) is 31.2 Å². The fourth-order valence-corrected chi connectivity index (χ4v) is 4.33. The van der Waals surface area contributed by atoms with Crippen LogP contribution < -0.4 is 5.32 Å². The molecule has 1 aliphatic heterocycles. The second-order valence-electron chi connectivity index (χ2n) is 5.82. The van der Waals surface area contributed by atoms with Gasteiger partial charge in [-0.2, -0.15) is 4.31 Å². The number of ether oxygens (including phenoxy) is 1. The third-order valence-electron chi connectivity index (χ3n) is 4.07. The molecule has 1 aliphatic rings. The summed E-state index contributed by atoms with van der Waals surface area (Å²) in [5.74, 6) is -0.343. The minimum Gasteiger partial charge on any atom is -0.379 e. The molecular formula is C18H20N2O4S. The van der Waals surface area contributed by atoms with E-state index >= 15 is 0 Å². The fraction of sp³-hybridized carbons (Fsp3) is 0.278. The molecule has 1 saturated heterocycles. The highest BCUT2D eigenvalue weighted by molar-refractivity contribution is 7.89. The van der Waals surface area contributed by atoms with Gasteiger partial charge in [-0.05, 0) is 36.8 Å². The van der Waals surface area contributed by atoms with Crippen LogP contribution in [0.15, 0.2) is 53.4 Å². The molecule has 2 aromatic rings. The number of morpholine rings is 1. The molecule has 0 unspecified atom stereocenters. The molecule has 2 aromatic carbocycles. The Hall–Kier alpha value is -2.22. The molecule has 1 N–H and O–H groups in total. The maximum Gasteiger partial charge on any atom is 0.255 e. The highest BCUT2D eigenvalue weighted by atomic mass is 32.2. The van der Waals surface area contributed by atoms with Crippen molar-refractivity contribution in [2.45, 2.75) is 11.8 Å². The summed E-state index contributed by atoms with van der Waals surface area (Å²) in [7, 11) is -3.65. The molecule has 25 heavy (non-hydrogen) atoms. The van der Waals surface area contributed by atoms with E-state index < -0.39 is 10.0 Å². The highest BCUT2D eigenvalue weighted by Crippen LogP contribution is 2.23. The molecule has 132 valence electrons. The van der Waals surface area contributed by atoms with Crippen molar-refractivity contribution in [3.05, 3.63) is 59.7 Å². The van der Waals surface area contributed by atoms with E-state index in [1.165, 1.54) is 10.4 Å². The Morgan fingerprint density at radius 1 is 1.08 bits per heavy atom. The minimum absolute atomic E-state index is 0.162. The number of anilines is 1. The van der Waals surface area contributed by atoms with Gasteiger partial charge in [0.2, 0.25) is 10.0 Å². The van der Waals surface area contributed by atoms with Crippen LogP contribution in [0.2, 0.25) is 0 Å². The monoisotopic (exact) mass is 360 g/mol. The third kappa shape index (κ3) is 3.89. The average molecular weight is 360 g/mol. The summed E-state index contributed by atoms with van der Waals surface area (Å²) < 4.78 is 32.4. The van der Waals surface area contributed by atoms with Crippen LogP contribution in [0, 0.1) is 6.92 Å². The molecule has 0 saturated carbocycles. The number of carbonyl (C=O) groups excluding carboxylic acids is 1. The van der Waals surface area contributed by atoms with Crippen LogP contribution in [-0.2, 0) is 14.8 Å². The van der Waals surface area contributed by atoms with Gasteiger partial charge < -0.3 is 10.1 Å². The van der Waals surface area contributed by atoms with Crippen molar-refractivity contribution in [2.75, 3.05) is 31.6 Å². The molecule has 1 amide bonds. The Bertz CT molecular complexity index is 860. The van der Waals surface area contributed by atoms with Crippen molar-refractivity contribution in [1.29, 1.82) is 0 Å². The van der Waals surface area contributed by atoms with Gasteiger partial charge in [0.25, 0.3) is 5.91 Å². The molecule has 0 aliphatic carbocycles. The van der Waals surface area contributed by atoms with Crippen molar-refractivity contribution >= 4 is 21.6 Å². The normalized spacial score (nSPS) is 15.7. The van der Waals surface area contributed by atoms with E-state index in [0.29, 0.717) is 43.1 Å². The first-order chi connectivity index (χ1) is 12.0. The summed E-state index contributed by atoms with van der Waals surface area (Å²) in [6.07, 6.45) is 0. The summed E-state index contributed by atoms with van der Waals surface area (Å²) in [6.45, 7) is 3.13. The van der Waals surface area contributed by atoms with E-state index in [4.69, 9.17) is 4.74 Å². The number of sulfonamides is 1. The summed E-state index contributed by atoms with van der Waals surface area (Å²) in [5, 5.41) is 2.77. The number of hydrogen-bond acceptors (Lipinski definition) is 4. The number of amides is 1. The molecule has 7 heteroatoms. The van der Waals surface area contributed by atoms with E-state index in [0.717, 1.165) is 0 Å². The van der Waals surface area contributed by atoms with Crippen LogP contribution in [0.4, 0.5) is 5.69 Å². The second-order valence-corrected chi connectivity index (χ2v) is 7.72. The van der Waals surface area contributed by atoms with Gasteiger partial charge >= 0.3 is 0 Å². The van der Waals surface area contributed by atoms with Crippen molar-refractivity contribution in [3.63, 3.8) is 0 Å². The number of hydrogen-bond donors (Lipinski definition) is 1. The van der Waals surface area contributed by atoms with E-state index in [1.807, 2.05) is 18.2 Å². The zero-order chi connectivity index (χ0) is 17.9. The van der Waals surface area contributed by atoms with Crippen LogP contribution in [-0.4, -0.2) is 44.9 Å². The molecule has 0 spiro atoms. The van der Waals surface area contributed by atoms with Crippen LogP contribution in [0.25, 0.3) is 0 Å². The van der Waals surface area contributed by atoms with Crippen molar-refractivity contribution in [3.8, 4) is 0 Å². The minimum atomic E-state index is -3.65. The lowest BCUT2D eigenvalue weighted by Gasteiger charge is -2.26. The van der Waals surface area contributed by atoms with E-state index in [9.17, 15) is 13.2 Å². The van der Waals surface area contributed by atoms with Gasteiger partial charge in [0.15, 0.2) is 0 Å². The van der Waals surface area contributed by atoms with Crippen molar-refractivity contribution in [2.24, 2.45) is 0 Å². The maximum atomic E-state index is 12.9. The molecule has 1 heterocycles. The largest absolute Gasteiger partial charge is 0.379 e. The fourth-order valence-electron chi connectivity index (χ4n) is 2.67. The van der Waals surface area contributed by atoms with Gasteiger partial charge in [0.1, 0.15) is 0 Å². The van der Waals surface area contributed by atoms with Gasteiger partial charge in [-0.15, -0.1) is 0 Å². The Morgan fingerprint density at radius 3 is 2.44 bits per heavy atom. The smallest absolute Gasteiger partial charge is 0.255 e. The highest BCUT2D eigenvalue weighted by Gasteiger charge is 2.28. The van der Waals surface area contributed by atoms with Crippen LogP contribution in [0.1, 0.15) is 15.9 Å². The summed E-state index contributed by atoms with van der Waals surface area (Å²) >= 11 is 0. The zero-order valence-electron chi connectivity index (χ0n) is 13.9. The quantitative estimate of drug-likeness (QED) is 0.907. The van der Waals surface area contributed by atoms with Crippen LogP contribution in [0.3, 0.4) is 0 Å². The Kier molecular flexibility index (Phi) is 5.17.